The summed E-state index contributed by atoms with van der Waals surface area (Å²) in [6.07, 6.45) is 4.99. The van der Waals surface area contributed by atoms with Crippen LogP contribution in [-0.4, -0.2) is 71.5 Å². The number of rotatable bonds is 3. The molecule has 3 aliphatic rings. The first-order valence-electron chi connectivity index (χ1n) is 8.54. The minimum Gasteiger partial charge on any atom is -0.353 e. The van der Waals surface area contributed by atoms with E-state index in [0.29, 0.717) is 28.3 Å². The number of amidine groups is 1. The van der Waals surface area contributed by atoms with Gasteiger partial charge in [-0.3, -0.25) is 9.79 Å². The molecule has 0 aromatic carbocycles. The maximum Gasteiger partial charge on any atom is 0.264 e. The number of carbonyl (C=O) groups excluding carboxylic acids is 1. The standard InChI is InChI=1S/C17H20ClN5OS/c1-2-12-10-23-11-19-15(9-16(23)20-12)21-5-7-22(8-6-21)17(24)13-3-4-14(18)25-13/h3-4,9,11-12H,2,5-8,10H2,1H3/t12-/m0/s1. The van der Waals surface area contributed by atoms with Crippen LogP contribution in [-0.2, 0) is 0 Å². The molecule has 1 fully saturated rings. The molecule has 132 valence electrons. The number of piperazine rings is 1. The lowest BCUT2D eigenvalue weighted by Crippen LogP contribution is -2.48. The highest BCUT2D eigenvalue weighted by molar-refractivity contribution is 7.17. The molecule has 0 aliphatic carbocycles. The van der Waals surface area contributed by atoms with Crippen LogP contribution >= 0.6 is 22.9 Å². The van der Waals surface area contributed by atoms with Crippen molar-refractivity contribution < 1.29 is 4.79 Å². The summed E-state index contributed by atoms with van der Waals surface area (Å²) in [4.78, 5) is 28.7. The molecule has 1 aromatic rings. The van der Waals surface area contributed by atoms with Crippen molar-refractivity contribution in [2.75, 3.05) is 32.7 Å². The summed E-state index contributed by atoms with van der Waals surface area (Å²) in [5.41, 5.74) is 0. The molecule has 25 heavy (non-hydrogen) atoms. The number of hydrogen-bond acceptors (Lipinski definition) is 6. The number of halogens is 1. The van der Waals surface area contributed by atoms with Gasteiger partial charge in [0.05, 0.1) is 21.6 Å². The normalized spacial score (nSPS) is 22.8. The highest BCUT2D eigenvalue weighted by Gasteiger charge is 2.28. The van der Waals surface area contributed by atoms with Gasteiger partial charge in [-0.1, -0.05) is 18.5 Å². The van der Waals surface area contributed by atoms with E-state index in [1.165, 1.54) is 11.3 Å². The van der Waals surface area contributed by atoms with Gasteiger partial charge >= 0.3 is 0 Å². The summed E-state index contributed by atoms with van der Waals surface area (Å²) in [6.45, 7) is 6.01. The Morgan fingerprint density at radius 2 is 2.12 bits per heavy atom. The third-order valence-electron chi connectivity index (χ3n) is 4.75. The second-order valence-corrected chi connectivity index (χ2v) is 8.05. The zero-order chi connectivity index (χ0) is 17.4. The third kappa shape index (κ3) is 3.30. The maximum atomic E-state index is 12.5. The van der Waals surface area contributed by atoms with E-state index in [0.717, 1.165) is 37.7 Å². The fraction of sp³-hybridized carbons (Fsp3) is 0.471. The average molecular weight is 378 g/mol. The van der Waals surface area contributed by atoms with Gasteiger partial charge in [-0.2, -0.15) is 0 Å². The summed E-state index contributed by atoms with van der Waals surface area (Å²) >= 11 is 7.27. The van der Waals surface area contributed by atoms with Crippen molar-refractivity contribution in [1.82, 2.24) is 14.7 Å². The lowest BCUT2D eigenvalue weighted by Gasteiger charge is -2.36. The highest BCUT2D eigenvalue weighted by atomic mass is 35.5. The second kappa shape index (κ2) is 6.80. The van der Waals surface area contributed by atoms with Gasteiger partial charge in [-0.15, -0.1) is 11.3 Å². The van der Waals surface area contributed by atoms with Crippen LogP contribution in [0.25, 0.3) is 0 Å². The van der Waals surface area contributed by atoms with Gasteiger partial charge < -0.3 is 14.7 Å². The molecule has 0 N–H and O–H groups in total. The fourth-order valence-corrected chi connectivity index (χ4v) is 4.26. The molecule has 0 unspecified atom stereocenters. The fourth-order valence-electron chi connectivity index (χ4n) is 3.25. The predicted molar refractivity (Wildman–Crippen MR) is 102 cm³/mol. The Bertz CT molecular complexity index is 763. The van der Waals surface area contributed by atoms with Crippen LogP contribution < -0.4 is 0 Å². The number of carbonyl (C=O) groups is 1. The Balaban J connectivity index is 1.39. The Morgan fingerprint density at radius 1 is 1.32 bits per heavy atom. The van der Waals surface area contributed by atoms with E-state index < -0.39 is 0 Å². The zero-order valence-electron chi connectivity index (χ0n) is 14.1. The largest absolute Gasteiger partial charge is 0.353 e. The first-order chi connectivity index (χ1) is 12.1. The van der Waals surface area contributed by atoms with Crippen LogP contribution in [0.15, 0.2) is 34.0 Å². The molecule has 0 bridgehead atoms. The van der Waals surface area contributed by atoms with Gasteiger partial charge in [0.25, 0.3) is 5.91 Å². The molecule has 4 heterocycles. The molecular formula is C17H20ClN5OS. The number of hydrogen-bond donors (Lipinski definition) is 0. The minimum absolute atomic E-state index is 0.0646. The molecule has 6 nitrogen and oxygen atoms in total. The van der Waals surface area contributed by atoms with E-state index in [-0.39, 0.29) is 5.91 Å². The molecule has 0 radical (unpaired) electrons. The molecule has 1 amide bonds. The van der Waals surface area contributed by atoms with Crippen LogP contribution in [0.3, 0.4) is 0 Å². The summed E-state index contributed by atoms with van der Waals surface area (Å²) in [7, 11) is 0. The Hall–Kier alpha value is -1.86. The number of nitrogens with zero attached hydrogens (tertiary/aromatic N) is 5. The van der Waals surface area contributed by atoms with Crippen molar-refractivity contribution in [3.8, 4) is 0 Å². The van der Waals surface area contributed by atoms with E-state index in [9.17, 15) is 4.79 Å². The van der Waals surface area contributed by atoms with Gasteiger partial charge in [-0.25, -0.2) is 4.99 Å². The van der Waals surface area contributed by atoms with Crippen molar-refractivity contribution >= 4 is 41.0 Å². The quantitative estimate of drug-likeness (QED) is 0.813. The first-order valence-corrected chi connectivity index (χ1v) is 9.73. The molecule has 4 rings (SSSR count). The summed E-state index contributed by atoms with van der Waals surface area (Å²) in [5, 5.41) is 0. The topological polar surface area (TPSA) is 51.5 Å². The van der Waals surface area contributed by atoms with Crippen molar-refractivity contribution in [3.63, 3.8) is 0 Å². The van der Waals surface area contributed by atoms with Crippen LogP contribution in [0, 0.1) is 0 Å². The molecule has 0 saturated carbocycles. The highest BCUT2D eigenvalue weighted by Crippen LogP contribution is 2.24. The van der Waals surface area contributed by atoms with E-state index in [1.54, 1.807) is 12.1 Å². The lowest BCUT2D eigenvalue weighted by atomic mass is 10.2. The number of thiophene rings is 1. The van der Waals surface area contributed by atoms with Crippen molar-refractivity contribution in [3.05, 3.63) is 33.2 Å². The zero-order valence-corrected chi connectivity index (χ0v) is 15.6. The van der Waals surface area contributed by atoms with Crippen LogP contribution in [0.1, 0.15) is 23.0 Å². The second-order valence-electron chi connectivity index (χ2n) is 6.33. The predicted octanol–water partition coefficient (Wildman–Crippen LogP) is 2.54. The van der Waals surface area contributed by atoms with E-state index in [2.05, 4.69) is 27.8 Å². The van der Waals surface area contributed by atoms with Crippen molar-refractivity contribution in [2.24, 2.45) is 9.98 Å². The van der Waals surface area contributed by atoms with Gasteiger partial charge in [-0.05, 0) is 18.6 Å². The molecule has 1 saturated heterocycles. The molecule has 3 aliphatic heterocycles. The van der Waals surface area contributed by atoms with E-state index in [4.69, 9.17) is 16.6 Å². The average Bonchev–Trinajstić information content (AvgIpc) is 3.26. The summed E-state index contributed by atoms with van der Waals surface area (Å²) in [6, 6.07) is 3.94. The number of amides is 1. The molecule has 1 aromatic heterocycles. The van der Waals surface area contributed by atoms with Crippen LogP contribution in [0.5, 0.6) is 0 Å². The Morgan fingerprint density at radius 3 is 2.80 bits per heavy atom. The summed E-state index contributed by atoms with van der Waals surface area (Å²) in [5.74, 6) is 2.01. The molecular weight excluding hydrogens is 358 g/mol. The van der Waals surface area contributed by atoms with E-state index >= 15 is 0 Å². The number of fused-ring (bicyclic) bond motifs is 1. The lowest BCUT2D eigenvalue weighted by molar-refractivity contribution is 0.0673. The van der Waals surface area contributed by atoms with E-state index in [1.807, 2.05) is 11.2 Å². The van der Waals surface area contributed by atoms with Crippen LogP contribution in [0.2, 0.25) is 4.34 Å². The van der Waals surface area contributed by atoms with Gasteiger partial charge in [0.1, 0.15) is 11.7 Å². The molecule has 0 spiro atoms. The molecule has 8 heteroatoms. The summed E-state index contributed by atoms with van der Waals surface area (Å²) < 4.78 is 0.649. The smallest absolute Gasteiger partial charge is 0.264 e. The molecule has 1 atom stereocenters. The maximum absolute atomic E-state index is 12.5. The van der Waals surface area contributed by atoms with Gasteiger partial charge in [0.15, 0.2) is 0 Å². The van der Waals surface area contributed by atoms with Crippen LogP contribution in [0.4, 0.5) is 0 Å². The van der Waals surface area contributed by atoms with Crippen molar-refractivity contribution in [1.29, 1.82) is 0 Å². The Kier molecular flexibility index (Phi) is 4.52. The third-order valence-corrected chi connectivity index (χ3v) is 5.97. The Labute approximate surface area is 156 Å². The first kappa shape index (κ1) is 16.6. The van der Waals surface area contributed by atoms with Gasteiger partial charge in [0.2, 0.25) is 0 Å². The SMILES string of the molecule is CC[C@H]1CN2C=NC(N3CCN(C(=O)c4ccc(Cl)s4)CC3)=CC2=N1. The van der Waals surface area contributed by atoms with Crippen molar-refractivity contribution in [2.45, 2.75) is 19.4 Å². The monoisotopic (exact) mass is 377 g/mol. The minimum atomic E-state index is 0.0646. The number of aliphatic imine (C=N–C) groups is 2. The van der Waals surface area contributed by atoms with Gasteiger partial charge in [0, 0.05) is 38.8 Å².